The summed E-state index contributed by atoms with van der Waals surface area (Å²) in [6.45, 7) is 2.26. The van der Waals surface area contributed by atoms with Crippen LogP contribution in [0.15, 0.2) is 36.9 Å². The van der Waals surface area contributed by atoms with Crippen LogP contribution < -0.4 is 5.32 Å². The maximum absolute atomic E-state index is 12.6. The van der Waals surface area contributed by atoms with Crippen LogP contribution in [0.1, 0.15) is 42.9 Å². The monoisotopic (exact) mass is 339 g/mol. The summed E-state index contributed by atoms with van der Waals surface area (Å²) in [5, 5.41) is 7.46. The summed E-state index contributed by atoms with van der Waals surface area (Å²) in [7, 11) is 0. The van der Waals surface area contributed by atoms with E-state index in [0.29, 0.717) is 12.6 Å². The summed E-state index contributed by atoms with van der Waals surface area (Å²) in [4.78, 5) is 18.9. The number of carbonyl (C=O) groups is 1. The third-order valence-electron chi connectivity index (χ3n) is 5.41. The molecule has 0 unspecified atom stereocenters. The Bertz CT molecular complexity index is 714. The highest BCUT2D eigenvalue weighted by molar-refractivity contribution is 5.78. The number of likely N-dealkylation sites (tertiary alicyclic amines) is 1. The Morgan fingerprint density at radius 2 is 2.16 bits per heavy atom. The lowest BCUT2D eigenvalue weighted by molar-refractivity contribution is -0.123. The van der Waals surface area contributed by atoms with Crippen molar-refractivity contribution in [1.82, 2.24) is 25.0 Å². The molecule has 2 aliphatic rings. The molecule has 132 valence electrons. The van der Waals surface area contributed by atoms with E-state index in [1.165, 1.54) is 11.1 Å². The molecule has 0 spiro atoms. The number of aromatic nitrogens is 3. The van der Waals surface area contributed by atoms with Crippen molar-refractivity contribution < 1.29 is 4.79 Å². The van der Waals surface area contributed by atoms with E-state index < -0.39 is 0 Å². The average Bonchev–Trinajstić information content (AvgIpc) is 3.28. The van der Waals surface area contributed by atoms with E-state index in [2.05, 4.69) is 44.6 Å². The summed E-state index contributed by atoms with van der Waals surface area (Å²) in [5.41, 5.74) is 2.67. The molecule has 6 heteroatoms. The van der Waals surface area contributed by atoms with Crippen molar-refractivity contribution in [2.24, 2.45) is 0 Å². The molecule has 1 N–H and O–H groups in total. The third-order valence-corrected chi connectivity index (χ3v) is 5.41. The predicted molar refractivity (Wildman–Crippen MR) is 94.9 cm³/mol. The first-order valence-electron chi connectivity index (χ1n) is 9.23. The zero-order valence-electron chi connectivity index (χ0n) is 14.5. The lowest BCUT2D eigenvalue weighted by Crippen LogP contribution is -2.42. The summed E-state index contributed by atoms with van der Waals surface area (Å²) >= 11 is 0. The van der Waals surface area contributed by atoms with Gasteiger partial charge in [0, 0.05) is 6.04 Å². The Morgan fingerprint density at radius 3 is 3.04 bits per heavy atom. The molecule has 2 heterocycles. The molecule has 1 aliphatic heterocycles. The van der Waals surface area contributed by atoms with Crippen LogP contribution in [0.25, 0.3) is 0 Å². The zero-order chi connectivity index (χ0) is 17.1. The molecular weight excluding hydrogens is 314 g/mol. The number of fused-ring (bicyclic) bond motifs is 1. The molecule has 0 radical (unpaired) electrons. The van der Waals surface area contributed by atoms with Crippen molar-refractivity contribution in [1.29, 1.82) is 0 Å². The van der Waals surface area contributed by atoms with E-state index in [4.69, 9.17) is 0 Å². The maximum atomic E-state index is 12.6. The van der Waals surface area contributed by atoms with Crippen LogP contribution in [0.5, 0.6) is 0 Å². The SMILES string of the molecule is O=C(CN1CCC[C@@H]1Cn1cncn1)N[C@@H]1CCCc2ccccc21. The van der Waals surface area contributed by atoms with E-state index in [1.807, 2.05) is 4.68 Å². The van der Waals surface area contributed by atoms with Crippen molar-refractivity contribution in [3.8, 4) is 0 Å². The fourth-order valence-electron chi connectivity index (χ4n) is 4.18. The number of amides is 1. The predicted octanol–water partition coefficient (Wildman–Crippen LogP) is 1.94. The Hall–Kier alpha value is -2.21. The molecule has 1 saturated heterocycles. The van der Waals surface area contributed by atoms with Gasteiger partial charge in [-0.2, -0.15) is 5.10 Å². The van der Waals surface area contributed by atoms with Crippen LogP contribution >= 0.6 is 0 Å². The highest BCUT2D eigenvalue weighted by Gasteiger charge is 2.28. The van der Waals surface area contributed by atoms with Crippen LogP contribution in [-0.2, 0) is 17.8 Å². The Labute approximate surface area is 148 Å². The Kier molecular flexibility index (Phi) is 4.78. The molecule has 25 heavy (non-hydrogen) atoms. The van der Waals surface area contributed by atoms with E-state index in [1.54, 1.807) is 12.7 Å². The third kappa shape index (κ3) is 3.74. The first-order chi connectivity index (χ1) is 12.3. The topological polar surface area (TPSA) is 63.1 Å². The molecule has 6 nitrogen and oxygen atoms in total. The van der Waals surface area contributed by atoms with Crippen molar-refractivity contribution >= 4 is 5.91 Å². The van der Waals surface area contributed by atoms with Crippen molar-refractivity contribution in [3.05, 3.63) is 48.0 Å². The number of carbonyl (C=O) groups excluding carboxylic acids is 1. The number of benzene rings is 1. The normalized spacial score (nSPS) is 23.4. The number of nitrogens with one attached hydrogen (secondary N) is 1. The first kappa shape index (κ1) is 16.3. The quantitative estimate of drug-likeness (QED) is 0.904. The Morgan fingerprint density at radius 1 is 1.24 bits per heavy atom. The minimum absolute atomic E-state index is 0.132. The van der Waals surface area contributed by atoms with Crippen LogP contribution in [0.2, 0.25) is 0 Å². The van der Waals surface area contributed by atoms with Crippen molar-refractivity contribution in [2.75, 3.05) is 13.1 Å². The molecule has 1 aromatic carbocycles. The molecule has 1 aromatic heterocycles. The Balaban J connectivity index is 1.36. The molecule has 1 fully saturated rings. The van der Waals surface area contributed by atoms with E-state index in [0.717, 1.165) is 45.2 Å². The van der Waals surface area contributed by atoms with Gasteiger partial charge in [0.2, 0.25) is 5.91 Å². The molecule has 0 bridgehead atoms. The number of nitrogens with zero attached hydrogens (tertiary/aromatic N) is 4. The summed E-state index contributed by atoms with van der Waals surface area (Å²) < 4.78 is 1.86. The second-order valence-electron chi connectivity index (χ2n) is 7.10. The van der Waals surface area contributed by atoms with Gasteiger partial charge in [-0.15, -0.1) is 0 Å². The average molecular weight is 339 g/mol. The van der Waals surface area contributed by atoms with Gasteiger partial charge < -0.3 is 5.32 Å². The second kappa shape index (κ2) is 7.35. The number of aryl methyl sites for hydroxylation is 1. The summed E-state index contributed by atoms with van der Waals surface area (Å²) in [6, 6.07) is 9.02. The number of hydrogen-bond donors (Lipinski definition) is 1. The first-order valence-corrected chi connectivity index (χ1v) is 9.23. The number of hydrogen-bond acceptors (Lipinski definition) is 4. The van der Waals surface area contributed by atoms with Gasteiger partial charge in [0.15, 0.2) is 0 Å². The molecule has 1 aliphatic carbocycles. The minimum atomic E-state index is 0.132. The minimum Gasteiger partial charge on any atom is -0.348 e. The van der Waals surface area contributed by atoms with Gasteiger partial charge in [0.1, 0.15) is 12.7 Å². The molecule has 2 atom stereocenters. The highest BCUT2D eigenvalue weighted by atomic mass is 16.2. The van der Waals surface area contributed by atoms with E-state index in [9.17, 15) is 4.79 Å². The molecule has 0 saturated carbocycles. The van der Waals surface area contributed by atoms with Crippen LogP contribution in [0, 0.1) is 0 Å². The van der Waals surface area contributed by atoms with Gasteiger partial charge in [0.25, 0.3) is 0 Å². The second-order valence-corrected chi connectivity index (χ2v) is 7.10. The van der Waals surface area contributed by atoms with Gasteiger partial charge >= 0.3 is 0 Å². The van der Waals surface area contributed by atoms with Gasteiger partial charge in [-0.05, 0) is 49.8 Å². The smallest absolute Gasteiger partial charge is 0.234 e. The van der Waals surface area contributed by atoms with Gasteiger partial charge in [-0.1, -0.05) is 24.3 Å². The maximum Gasteiger partial charge on any atom is 0.234 e. The largest absolute Gasteiger partial charge is 0.348 e. The molecule has 2 aromatic rings. The number of rotatable bonds is 5. The van der Waals surface area contributed by atoms with Crippen LogP contribution in [0.4, 0.5) is 0 Å². The molecule has 1 amide bonds. The summed E-state index contributed by atoms with van der Waals surface area (Å²) in [6.07, 6.45) is 8.85. The highest BCUT2D eigenvalue weighted by Crippen LogP contribution is 2.29. The summed E-state index contributed by atoms with van der Waals surface area (Å²) in [5.74, 6) is 0.132. The van der Waals surface area contributed by atoms with Gasteiger partial charge in [-0.25, -0.2) is 4.98 Å². The lowest BCUT2D eigenvalue weighted by Gasteiger charge is -2.28. The van der Waals surface area contributed by atoms with Crippen molar-refractivity contribution in [2.45, 2.75) is 50.7 Å². The molecular formula is C19H25N5O. The lowest BCUT2D eigenvalue weighted by atomic mass is 9.88. The van der Waals surface area contributed by atoms with Crippen LogP contribution in [0.3, 0.4) is 0 Å². The van der Waals surface area contributed by atoms with Crippen molar-refractivity contribution in [3.63, 3.8) is 0 Å². The molecule has 4 rings (SSSR count). The van der Waals surface area contributed by atoms with Gasteiger partial charge in [-0.3, -0.25) is 14.4 Å². The fourth-order valence-corrected chi connectivity index (χ4v) is 4.18. The van der Waals surface area contributed by atoms with Crippen LogP contribution in [-0.4, -0.2) is 44.7 Å². The fraction of sp³-hybridized carbons (Fsp3) is 0.526. The standard InChI is InChI=1S/C19H25N5O/c25-19(22-18-9-3-6-15-5-1-2-8-17(15)18)12-23-10-4-7-16(23)11-24-14-20-13-21-24/h1-2,5,8,13-14,16,18H,3-4,6-7,9-12H2,(H,22,25)/t16-,18-/m1/s1. The van der Waals surface area contributed by atoms with E-state index in [-0.39, 0.29) is 11.9 Å². The van der Waals surface area contributed by atoms with Gasteiger partial charge in [0.05, 0.1) is 19.1 Å². The zero-order valence-corrected chi connectivity index (χ0v) is 14.5. The van der Waals surface area contributed by atoms with E-state index >= 15 is 0 Å².